The van der Waals surface area contributed by atoms with Crippen molar-refractivity contribution >= 4 is 39.4 Å². The van der Waals surface area contributed by atoms with E-state index in [1.165, 1.54) is 0 Å². The van der Waals surface area contributed by atoms with Crippen LogP contribution < -0.4 is 0 Å². The molecule has 0 saturated carbocycles. The fourth-order valence-corrected chi connectivity index (χ4v) is 0.721. The van der Waals surface area contributed by atoms with Gasteiger partial charge in [-0.05, 0) is 22.4 Å². The van der Waals surface area contributed by atoms with Crippen molar-refractivity contribution in [2.75, 3.05) is 4.43 Å². The standard InChI is InChI=1S/C4H6ClIO/c5-4(7)2-1-3-6/h1-3H2. The third-order valence-corrected chi connectivity index (χ3v) is 1.46. The molecule has 0 radical (unpaired) electrons. The summed E-state index contributed by atoms with van der Waals surface area (Å²) in [6, 6.07) is 0. The van der Waals surface area contributed by atoms with Crippen molar-refractivity contribution in [3.8, 4) is 0 Å². The third-order valence-electron chi connectivity index (χ3n) is 0.507. The summed E-state index contributed by atoms with van der Waals surface area (Å²) in [5.41, 5.74) is 0. The van der Waals surface area contributed by atoms with Gasteiger partial charge in [-0.3, -0.25) is 4.79 Å². The Balaban J connectivity index is 2.82. The number of alkyl halides is 1. The molecule has 0 atom stereocenters. The molecule has 0 aliphatic carbocycles. The van der Waals surface area contributed by atoms with Crippen LogP contribution in [0.4, 0.5) is 0 Å². The molecule has 0 N–H and O–H groups in total. The molecule has 3 heteroatoms. The molecule has 0 aromatic heterocycles. The lowest BCUT2D eigenvalue weighted by atomic mass is 10.4. The second kappa shape index (κ2) is 4.84. The molecule has 0 aromatic carbocycles. The second-order valence-corrected chi connectivity index (χ2v) is 2.65. The maximum Gasteiger partial charge on any atom is 0.221 e. The van der Waals surface area contributed by atoms with Crippen molar-refractivity contribution in [3.63, 3.8) is 0 Å². The fraction of sp³-hybridized carbons (Fsp3) is 0.750. The molecule has 7 heavy (non-hydrogen) atoms. The van der Waals surface area contributed by atoms with E-state index in [-0.39, 0.29) is 5.24 Å². The molecule has 1 nitrogen and oxygen atoms in total. The summed E-state index contributed by atoms with van der Waals surface area (Å²) in [5.74, 6) is 0. The van der Waals surface area contributed by atoms with E-state index in [4.69, 9.17) is 11.6 Å². The first-order valence-electron chi connectivity index (χ1n) is 2.01. The Morgan fingerprint density at radius 2 is 2.29 bits per heavy atom. The van der Waals surface area contributed by atoms with Crippen molar-refractivity contribution in [2.45, 2.75) is 12.8 Å². The Kier molecular flexibility index (Phi) is 5.32. The Hall–Kier alpha value is 0.690. The topological polar surface area (TPSA) is 17.1 Å². The van der Waals surface area contributed by atoms with Gasteiger partial charge in [0.2, 0.25) is 5.24 Å². The van der Waals surface area contributed by atoms with Gasteiger partial charge in [-0.1, -0.05) is 22.6 Å². The summed E-state index contributed by atoms with van der Waals surface area (Å²) in [5, 5.41) is -0.225. The van der Waals surface area contributed by atoms with Gasteiger partial charge >= 0.3 is 0 Å². The average Bonchev–Trinajstić information content (AvgIpc) is 1.61. The Morgan fingerprint density at radius 1 is 1.71 bits per heavy atom. The van der Waals surface area contributed by atoms with E-state index in [0.717, 1.165) is 10.8 Å². The molecular formula is C4H6ClIO. The van der Waals surface area contributed by atoms with Gasteiger partial charge in [-0.25, -0.2) is 0 Å². The Morgan fingerprint density at radius 3 is 2.43 bits per heavy atom. The molecule has 0 aromatic rings. The van der Waals surface area contributed by atoms with E-state index in [1.54, 1.807) is 0 Å². The first-order valence-corrected chi connectivity index (χ1v) is 3.92. The SMILES string of the molecule is O=C(Cl)CCCI. The van der Waals surface area contributed by atoms with Crippen molar-refractivity contribution in [2.24, 2.45) is 0 Å². The molecule has 0 heterocycles. The van der Waals surface area contributed by atoms with Crippen LogP contribution in [-0.4, -0.2) is 9.67 Å². The van der Waals surface area contributed by atoms with Gasteiger partial charge < -0.3 is 0 Å². The first kappa shape index (κ1) is 7.69. The predicted octanol–water partition coefficient (Wildman–Crippen LogP) is 1.97. The second-order valence-electron chi connectivity index (χ2n) is 1.15. The van der Waals surface area contributed by atoms with Crippen molar-refractivity contribution in [1.82, 2.24) is 0 Å². The zero-order chi connectivity index (χ0) is 5.70. The lowest BCUT2D eigenvalue weighted by molar-refractivity contribution is -0.111. The van der Waals surface area contributed by atoms with Crippen LogP contribution in [-0.2, 0) is 4.79 Å². The summed E-state index contributed by atoms with van der Waals surface area (Å²) in [6.45, 7) is 0. The number of carbonyl (C=O) groups excluding carboxylic acids is 1. The van der Waals surface area contributed by atoms with Crippen LogP contribution in [0, 0.1) is 0 Å². The molecule has 0 saturated heterocycles. The van der Waals surface area contributed by atoms with Crippen LogP contribution >= 0.6 is 34.2 Å². The monoisotopic (exact) mass is 232 g/mol. The minimum Gasteiger partial charge on any atom is -0.281 e. The summed E-state index contributed by atoms with van der Waals surface area (Å²) >= 11 is 7.22. The van der Waals surface area contributed by atoms with E-state index in [2.05, 4.69) is 22.6 Å². The van der Waals surface area contributed by atoms with Gasteiger partial charge in [-0.15, -0.1) is 0 Å². The van der Waals surface area contributed by atoms with Crippen molar-refractivity contribution < 1.29 is 4.79 Å². The molecule has 0 amide bonds. The summed E-state index contributed by atoms with van der Waals surface area (Å²) in [7, 11) is 0. The fourth-order valence-electron chi connectivity index (χ4n) is 0.206. The van der Waals surface area contributed by atoms with Crippen molar-refractivity contribution in [1.29, 1.82) is 0 Å². The largest absolute Gasteiger partial charge is 0.281 e. The lowest BCUT2D eigenvalue weighted by Gasteiger charge is -1.83. The molecule has 0 bridgehead atoms. The number of hydrogen-bond donors (Lipinski definition) is 0. The predicted molar refractivity (Wildman–Crippen MR) is 39.0 cm³/mol. The highest BCUT2D eigenvalue weighted by atomic mass is 127. The van der Waals surface area contributed by atoms with E-state index >= 15 is 0 Å². The van der Waals surface area contributed by atoms with Gasteiger partial charge in [0.15, 0.2) is 0 Å². The summed E-state index contributed by atoms with van der Waals surface area (Å²) in [4.78, 5) is 9.96. The van der Waals surface area contributed by atoms with Crippen LogP contribution in [0.2, 0.25) is 0 Å². The van der Waals surface area contributed by atoms with E-state index in [9.17, 15) is 4.79 Å². The quantitative estimate of drug-likeness (QED) is 0.413. The molecule has 0 spiro atoms. The zero-order valence-corrected chi connectivity index (χ0v) is 6.70. The highest BCUT2D eigenvalue weighted by Gasteiger charge is 1.91. The van der Waals surface area contributed by atoms with Crippen LogP contribution in [0.3, 0.4) is 0 Å². The maximum atomic E-state index is 9.96. The Bertz CT molecular complexity index is 64.7. The molecule has 0 fully saturated rings. The number of halogens is 2. The van der Waals surface area contributed by atoms with Gasteiger partial charge in [-0.2, -0.15) is 0 Å². The van der Waals surface area contributed by atoms with Crippen LogP contribution in [0.15, 0.2) is 0 Å². The molecule has 0 aliphatic heterocycles. The summed E-state index contributed by atoms with van der Waals surface area (Å²) in [6.07, 6.45) is 1.42. The third kappa shape index (κ3) is 6.69. The zero-order valence-electron chi connectivity index (χ0n) is 3.79. The smallest absolute Gasteiger partial charge is 0.221 e. The van der Waals surface area contributed by atoms with Gasteiger partial charge in [0.1, 0.15) is 0 Å². The van der Waals surface area contributed by atoms with E-state index in [1.807, 2.05) is 0 Å². The minimum atomic E-state index is -0.225. The van der Waals surface area contributed by atoms with Gasteiger partial charge in [0.25, 0.3) is 0 Å². The minimum absolute atomic E-state index is 0.225. The van der Waals surface area contributed by atoms with E-state index < -0.39 is 0 Å². The molecule has 0 aliphatic rings. The Labute approximate surface area is 61.6 Å². The highest BCUT2D eigenvalue weighted by Crippen LogP contribution is 1.96. The summed E-state index contributed by atoms with van der Waals surface area (Å²) < 4.78 is 1.01. The lowest BCUT2D eigenvalue weighted by Crippen LogP contribution is -1.84. The van der Waals surface area contributed by atoms with Crippen LogP contribution in [0.1, 0.15) is 12.8 Å². The number of hydrogen-bond acceptors (Lipinski definition) is 1. The first-order chi connectivity index (χ1) is 3.27. The van der Waals surface area contributed by atoms with Crippen molar-refractivity contribution in [3.05, 3.63) is 0 Å². The molecular weight excluding hydrogens is 226 g/mol. The molecule has 42 valence electrons. The van der Waals surface area contributed by atoms with Gasteiger partial charge in [0, 0.05) is 6.42 Å². The molecule has 0 unspecified atom stereocenters. The average molecular weight is 232 g/mol. The van der Waals surface area contributed by atoms with Gasteiger partial charge in [0.05, 0.1) is 0 Å². The van der Waals surface area contributed by atoms with E-state index in [0.29, 0.717) is 6.42 Å². The number of carbonyl (C=O) groups is 1. The highest BCUT2D eigenvalue weighted by molar-refractivity contribution is 14.1. The number of rotatable bonds is 3. The maximum absolute atomic E-state index is 9.96. The normalized spacial score (nSPS) is 8.86. The van der Waals surface area contributed by atoms with Crippen LogP contribution in [0.5, 0.6) is 0 Å². The molecule has 0 rings (SSSR count). The van der Waals surface area contributed by atoms with Crippen LogP contribution in [0.25, 0.3) is 0 Å².